The van der Waals surface area contributed by atoms with Gasteiger partial charge in [-0.15, -0.1) is 11.8 Å². The Morgan fingerprint density at radius 1 is 1.50 bits per heavy atom. The molecule has 1 aliphatic heterocycles. The molecule has 18 heavy (non-hydrogen) atoms. The lowest BCUT2D eigenvalue weighted by molar-refractivity contribution is -0.255. The number of carbonyl (C=O) groups is 1. The monoisotopic (exact) mass is 269 g/mol. The normalized spacial score (nSPS) is 27.3. The maximum Gasteiger partial charge on any atom is 0.127 e. The van der Waals surface area contributed by atoms with Gasteiger partial charge < -0.3 is 24.9 Å². The molecule has 0 radical (unpaired) electrons. The minimum Gasteiger partial charge on any atom is -0.545 e. The van der Waals surface area contributed by atoms with Crippen LogP contribution in [0.5, 0.6) is 0 Å². The number of ether oxygens (including phenoxy) is 1. The third-order valence-corrected chi connectivity index (χ3v) is 4.15. The van der Waals surface area contributed by atoms with Crippen molar-refractivity contribution in [3.63, 3.8) is 0 Å². The highest BCUT2D eigenvalue weighted by molar-refractivity contribution is 8.00. The summed E-state index contributed by atoms with van der Waals surface area (Å²) in [5.74, 6) is -0.918. The molecule has 1 aromatic rings. The van der Waals surface area contributed by atoms with Crippen molar-refractivity contribution in [1.29, 1.82) is 0 Å². The predicted molar refractivity (Wildman–Crippen MR) is 64.0 cm³/mol. The second kappa shape index (κ2) is 5.27. The minimum absolute atomic E-state index is 0.00531. The SMILES string of the molecule is O=C([O-])c1ccccc1[C@]1(CO)CS[C@@H](CO)O1. The highest BCUT2D eigenvalue weighted by atomic mass is 32.2. The second-order valence-corrected chi connectivity index (χ2v) is 5.17. The summed E-state index contributed by atoms with van der Waals surface area (Å²) in [7, 11) is 0. The van der Waals surface area contributed by atoms with Crippen molar-refractivity contribution in [3.8, 4) is 0 Å². The van der Waals surface area contributed by atoms with Gasteiger partial charge in [-0.05, 0) is 5.56 Å². The first kappa shape index (κ1) is 13.4. The summed E-state index contributed by atoms with van der Waals surface area (Å²) in [6.07, 6.45) is 0. The topological polar surface area (TPSA) is 89.8 Å². The molecule has 1 aliphatic rings. The van der Waals surface area contributed by atoms with Crippen LogP contribution in [0.1, 0.15) is 15.9 Å². The first-order chi connectivity index (χ1) is 8.63. The Hall–Kier alpha value is -1.08. The zero-order valence-electron chi connectivity index (χ0n) is 9.54. The van der Waals surface area contributed by atoms with E-state index in [0.717, 1.165) is 0 Å². The third kappa shape index (κ3) is 2.24. The van der Waals surface area contributed by atoms with Crippen LogP contribution in [0.2, 0.25) is 0 Å². The molecule has 1 aromatic carbocycles. The van der Waals surface area contributed by atoms with E-state index in [1.165, 1.54) is 17.8 Å². The van der Waals surface area contributed by atoms with E-state index in [1.54, 1.807) is 18.2 Å². The molecule has 0 unspecified atom stereocenters. The number of thioether (sulfide) groups is 1. The Balaban J connectivity index is 2.42. The average molecular weight is 269 g/mol. The van der Waals surface area contributed by atoms with Crippen molar-refractivity contribution in [3.05, 3.63) is 35.4 Å². The van der Waals surface area contributed by atoms with Crippen LogP contribution in [0, 0.1) is 0 Å². The van der Waals surface area contributed by atoms with Crippen molar-refractivity contribution < 1.29 is 24.9 Å². The number of carboxylic acids is 1. The molecule has 2 N–H and O–H groups in total. The molecule has 1 heterocycles. The van der Waals surface area contributed by atoms with Crippen LogP contribution in [0.15, 0.2) is 24.3 Å². The van der Waals surface area contributed by atoms with Gasteiger partial charge in [0.15, 0.2) is 0 Å². The van der Waals surface area contributed by atoms with Gasteiger partial charge in [-0.2, -0.15) is 0 Å². The van der Waals surface area contributed by atoms with Gasteiger partial charge in [0.25, 0.3) is 0 Å². The van der Waals surface area contributed by atoms with Gasteiger partial charge in [0.05, 0.1) is 19.2 Å². The number of rotatable bonds is 4. The predicted octanol–water partition coefficient (Wildman–Crippen LogP) is -0.681. The van der Waals surface area contributed by atoms with E-state index in [2.05, 4.69) is 0 Å². The summed E-state index contributed by atoms with van der Waals surface area (Å²) >= 11 is 1.34. The number of hydrogen-bond acceptors (Lipinski definition) is 6. The number of aliphatic hydroxyl groups is 2. The van der Waals surface area contributed by atoms with E-state index in [1.807, 2.05) is 0 Å². The summed E-state index contributed by atoms with van der Waals surface area (Å²) in [4.78, 5) is 11.1. The van der Waals surface area contributed by atoms with Gasteiger partial charge in [0.2, 0.25) is 0 Å². The van der Waals surface area contributed by atoms with Gasteiger partial charge in [0.1, 0.15) is 11.0 Å². The Morgan fingerprint density at radius 3 is 2.78 bits per heavy atom. The number of benzene rings is 1. The number of hydrogen-bond donors (Lipinski definition) is 2. The van der Waals surface area contributed by atoms with Crippen LogP contribution < -0.4 is 5.11 Å². The lowest BCUT2D eigenvalue weighted by atomic mass is 9.91. The van der Waals surface area contributed by atoms with Crippen molar-refractivity contribution in [2.75, 3.05) is 19.0 Å². The average Bonchev–Trinajstić information content (AvgIpc) is 2.83. The summed E-state index contributed by atoms with van der Waals surface area (Å²) < 4.78 is 5.60. The molecule has 0 aromatic heterocycles. The lowest BCUT2D eigenvalue weighted by Crippen LogP contribution is -2.37. The zero-order chi connectivity index (χ0) is 13.2. The van der Waals surface area contributed by atoms with Crippen LogP contribution in [0.4, 0.5) is 0 Å². The van der Waals surface area contributed by atoms with E-state index in [0.29, 0.717) is 11.3 Å². The summed E-state index contributed by atoms with van der Waals surface area (Å²) in [6.45, 7) is -0.527. The van der Waals surface area contributed by atoms with Crippen molar-refractivity contribution in [1.82, 2.24) is 0 Å². The fourth-order valence-electron chi connectivity index (χ4n) is 2.00. The molecule has 0 aliphatic carbocycles. The van der Waals surface area contributed by atoms with Gasteiger partial charge in [-0.1, -0.05) is 24.3 Å². The second-order valence-electron chi connectivity index (χ2n) is 4.03. The fourth-order valence-corrected chi connectivity index (χ4v) is 3.13. The quantitative estimate of drug-likeness (QED) is 0.752. The van der Waals surface area contributed by atoms with Gasteiger partial charge in [-0.25, -0.2) is 0 Å². The summed E-state index contributed by atoms with van der Waals surface area (Å²) in [6, 6.07) is 6.29. The molecule has 1 saturated heterocycles. The lowest BCUT2D eigenvalue weighted by Gasteiger charge is -2.29. The molecular formula is C12H13O5S-. The van der Waals surface area contributed by atoms with Crippen LogP contribution >= 0.6 is 11.8 Å². The van der Waals surface area contributed by atoms with Gasteiger partial charge in [-0.3, -0.25) is 0 Å². The van der Waals surface area contributed by atoms with Crippen LogP contribution in [-0.4, -0.2) is 40.6 Å². The molecule has 1 fully saturated rings. The van der Waals surface area contributed by atoms with E-state index < -0.39 is 17.0 Å². The van der Waals surface area contributed by atoms with Crippen molar-refractivity contribution >= 4 is 17.7 Å². The fraction of sp³-hybridized carbons (Fsp3) is 0.417. The number of aromatic carboxylic acids is 1. The van der Waals surface area contributed by atoms with E-state index >= 15 is 0 Å². The van der Waals surface area contributed by atoms with Crippen molar-refractivity contribution in [2.45, 2.75) is 11.0 Å². The first-order valence-electron chi connectivity index (χ1n) is 5.45. The highest BCUT2D eigenvalue weighted by Crippen LogP contribution is 2.41. The smallest absolute Gasteiger partial charge is 0.127 e. The molecule has 0 saturated carbocycles. The van der Waals surface area contributed by atoms with E-state index in [4.69, 9.17) is 9.84 Å². The Kier molecular flexibility index (Phi) is 3.91. The zero-order valence-corrected chi connectivity index (χ0v) is 10.4. The number of carboxylic acid groups (broad SMARTS) is 1. The molecule has 0 bridgehead atoms. The molecule has 0 amide bonds. The summed E-state index contributed by atoms with van der Waals surface area (Å²) in [5.41, 5.74) is -1.15. The highest BCUT2D eigenvalue weighted by Gasteiger charge is 2.43. The Labute approximate surface area is 108 Å². The Bertz CT molecular complexity index is 450. The molecular weight excluding hydrogens is 256 g/mol. The summed E-state index contributed by atoms with van der Waals surface area (Å²) in [5, 5.41) is 29.7. The molecule has 5 nitrogen and oxygen atoms in total. The van der Waals surface area contributed by atoms with E-state index in [-0.39, 0.29) is 18.8 Å². The number of aliphatic hydroxyl groups excluding tert-OH is 2. The van der Waals surface area contributed by atoms with Crippen molar-refractivity contribution in [2.24, 2.45) is 0 Å². The standard InChI is InChI=1S/C12H14O5S/c13-5-10-17-12(6-14,7-18-10)9-4-2-1-3-8(9)11(15)16/h1-4,10,13-14H,5-7H2,(H,15,16)/p-1/t10-,12-/m0/s1. The number of carbonyl (C=O) groups excluding carboxylic acids is 1. The van der Waals surface area contributed by atoms with Gasteiger partial charge >= 0.3 is 0 Å². The van der Waals surface area contributed by atoms with Crippen LogP contribution in [0.3, 0.4) is 0 Å². The van der Waals surface area contributed by atoms with Crippen LogP contribution in [0.25, 0.3) is 0 Å². The largest absolute Gasteiger partial charge is 0.545 e. The molecule has 2 rings (SSSR count). The van der Waals surface area contributed by atoms with Crippen LogP contribution in [-0.2, 0) is 10.3 Å². The molecule has 98 valence electrons. The Morgan fingerprint density at radius 2 is 2.22 bits per heavy atom. The maximum atomic E-state index is 11.1. The minimum atomic E-state index is -1.31. The molecule has 0 spiro atoms. The third-order valence-electron chi connectivity index (χ3n) is 2.90. The van der Waals surface area contributed by atoms with Gasteiger partial charge in [0, 0.05) is 11.3 Å². The molecule has 6 heteroatoms. The maximum absolute atomic E-state index is 11.1. The van der Waals surface area contributed by atoms with E-state index in [9.17, 15) is 15.0 Å². The molecule has 2 atom stereocenters. The first-order valence-corrected chi connectivity index (χ1v) is 6.50.